The third-order valence-electron chi connectivity index (χ3n) is 2.95. The summed E-state index contributed by atoms with van der Waals surface area (Å²) < 4.78 is 10.2. The number of hydrogen-bond donors (Lipinski definition) is 2. The summed E-state index contributed by atoms with van der Waals surface area (Å²) in [4.78, 5) is 23.5. The highest BCUT2D eigenvalue weighted by molar-refractivity contribution is 5.84. The van der Waals surface area contributed by atoms with Crippen molar-refractivity contribution in [3.8, 4) is 0 Å². The molecule has 0 aromatic heterocycles. The van der Waals surface area contributed by atoms with Crippen molar-refractivity contribution in [3.63, 3.8) is 0 Å². The molecule has 1 rings (SSSR count). The Hall–Kier alpha value is -1.14. The van der Waals surface area contributed by atoms with Crippen molar-refractivity contribution in [1.29, 1.82) is 0 Å². The second-order valence-electron chi connectivity index (χ2n) is 5.17. The van der Waals surface area contributed by atoms with Crippen molar-refractivity contribution < 1.29 is 19.1 Å². The Labute approximate surface area is 114 Å². The van der Waals surface area contributed by atoms with Gasteiger partial charge in [0.05, 0.1) is 26.2 Å². The number of carbonyl (C=O) groups is 2. The quantitative estimate of drug-likeness (QED) is 0.669. The van der Waals surface area contributed by atoms with Crippen LogP contribution in [0, 0.1) is 5.92 Å². The number of amides is 1. The maximum Gasteiger partial charge on any atom is 0.328 e. The lowest BCUT2D eigenvalue weighted by Gasteiger charge is -2.24. The second-order valence-corrected chi connectivity index (χ2v) is 5.17. The minimum atomic E-state index is -0.575. The molecule has 110 valence electrons. The van der Waals surface area contributed by atoms with Gasteiger partial charge < -0.3 is 20.1 Å². The molecule has 2 unspecified atom stereocenters. The van der Waals surface area contributed by atoms with Crippen molar-refractivity contribution >= 4 is 11.9 Å². The maximum absolute atomic E-state index is 11.9. The molecule has 0 radical (unpaired) electrons. The number of hydrogen-bond acceptors (Lipinski definition) is 5. The number of morpholine rings is 1. The summed E-state index contributed by atoms with van der Waals surface area (Å²) in [6.45, 7) is 6.09. The molecule has 1 aliphatic heterocycles. The van der Waals surface area contributed by atoms with E-state index in [4.69, 9.17) is 9.47 Å². The van der Waals surface area contributed by atoms with Crippen molar-refractivity contribution in [2.24, 2.45) is 5.92 Å². The molecule has 6 nitrogen and oxygen atoms in total. The Balaban J connectivity index is 2.43. The molecule has 0 bridgehead atoms. The smallest absolute Gasteiger partial charge is 0.328 e. The SMILES string of the molecule is COC(=O)C(CC(C)C)NC(=O)CC1CNCCO1. The number of carbonyl (C=O) groups excluding carboxylic acids is 2. The Morgan fingerprint density at radius 2 is 2.21 bits per heavy atom. The van der Waals surface area contributed by atoms with Gasteiger partial charge in [-0.25, -0.2) is 4.79 Å². The van der Waals surface area contributed by atoms with Crippen LogP contribution in [0.25, 0.3) is 0 Å². The minimum Gasteiger partial charge on any atom is -0.467 e. The summed E-state index contributed by atoms with van der Waals surface area (Å²) in [6, 6.07) is -0.575. The zero-order chi connectivity index (χ0) is 14.3. The van der Waals surface area contributed by atoms with E-state index in [0.717, 1.165) is 6.54 Å². The van der Waals surface area contributed by atoms with Gasteiger partial charge in [0.25, 0.3) is 0 Å². The topological polar surface area (TPSA) is 76.7 Å². The van der Waals surface area contributed by atoms with Crippen LogP contribution in [-0.2, 0) is 19.1 Å². The van der Waals surface area contributed by atoms with E-state index in [-0.39, 0.29) is 18.4 Å². The zero-order valence-electron chi connectivity index (χ0n) is 11.9. The van der Waals surface area contributed by atoms with Crippen LogP contribution in [0.4, 0.5) is 0 Å². The van der Waals surface area contributed by atoms with Crippen LogP contribution in [0.15, 0.2) is 0 Å². The first kappa shape index (κ1) is 15.9. The van der Waals surface area contributed by atoms with E-state index < -0.39 is 12.0 Å². The lowest BCUT2D eigenvalue weighted by Crippen LogP contribution is -2.46. The maximum atomic E-state index is 11.9. The fourth-order valence-corrected chi connectivity index (χ4v) is 2.04. The molecule has 1 amide bonds. The van der Waals surface area contributed by atoms with Gasteiger partial charge in [-0.15, -0.1) is 0 Å². The highest BCUT2D eigenvalue weighted by Crippen LogP contribution is 2.08. The molecule has 0 saturated carbocycles. The van der Waals surface area contributed by atoms with Crippen molar-refractivity contribution in [2.45, 2.75) is 38.8 Å². The number of esters is 1. The van der Waals surface area contributed by atoms with Crippen LogP contribution in [0.1, 0.15) is 26.7 Å². The van der Waals surface area contributed by atoms with Crippen LogP contribution in [0.2, 0.25) is 0 Å². The fourth-order valence-electron chi connectivity index (χ4n) is 2.04. The van der Waals surface area contributed by atoms with Crippen LogP contribution < -0.4 is 10.6 Å². The van der Waals surface area contributed by atoms with Gasteiger partial charge in [0.15, 0.2) is 0 Å². The first-order valence-corrected chi connectivity index (χ1v) is 6.72. The normalized spacial score (nSPS) is 20.9. The van der Waals surface area contributed by atoms with Crippen LogP contribution in [-0.4, -0.2) is 50.8 Å². The van der Waals surface area contributed by atoms with Crippen LogP contribution in [0.3, 0.4) is 0 Å². The molecular weight excluding hydrogens is 248 g/mol. The number of nitrogens with one attached hydrogen (secondary N) is 2. The third kappa shape index (κ3) is 6.02. The summed E-state index contributed by atoms with van der Waals surface area (Å²) >= 11 is 0. The predicted molar refractivity (Wildman–Crippen MR) is 70.6 cm³/mol. The minimum absolute atomic E-state index is 0.119. The molecule has 0 aromatic rings. The second kappa shape index (κ2) is 8.12. The molecule has 6 heteroatoms. The molecule has 1 heterocycles. The summed E-state index contributed by atoms with van der Waals surface area (Å²) in [5.74, 6) is -0.272. The predicted octanol–water partition coefficient (Wildman–Crippen LogP) is 0.0688. The Bertz CT molecular complexity index is 301. The van der Waals surface area contributed by atoms with Gasteiger partial charge in [0, 0.05) is 13.1 Å². The largest absolute Gasteiger partial charge is 0.467 e. The number of ether oxygens (including phenoxy) is 2. The highest BCUT2D eigenvalue weighted by atomic mass is 16.5. The number of rotatable bonds is 6. The van der Waals surface area contributed by atoms with E-state index in [1.54, 1.807) is 0 Å². The van der Waals surface area contributed by atoms with Gasteiger partial charge in [-0.3, -0.25) is 4.79 Å². The molecule has 1 saturated heterocycles. The highest BCUT2D eigenvalue weighted by Gasteiger charge is 2.24. The van der Waals surface area contributed by atoms with Crippen LogP contribution in [0.5, 0.6) is 0 Å². The van der Waals surface area contributed by atoms with Crippen molar-refractivity contribution in [2.75, 3.05) is 26.8 Å². The molecule has 1 aliphatic rings. The Morgan fingerprint density at radius 1 is 1.47 bits per heavy atom. The van der Waals surface area contributed by atoms with Crippen molar-refractivity contribution in [3.05, 3.63) is 0 Å². The Kier molecular flexibility index (Phi) is 6.80. The summed E-state index contributed by atoms with van der Waals surface area (Å²) in [6.07, 6.45) is 0.715. The summed E-state index contributed by atoms with van der Waals surface area (Å²) in [5.41, 5.74) is 0. The standard InChI is InChI=1S/C13H24N2O4/c1-9(2)6-11(13(17)18-3)15-12(16)7-10-8-14-4-5-19-10/h9-11,14H,4-8H2,1-3H3,(H,15,16). The van der Waals surface area contributed by atoms with Gasteiger partial charge in [-0.2, -0.15) is 0 Å². The van der Waals surface area contributed by atoms with Gasteiger partial charge in [0.2, 0.25) is 5.91 Å². The molecule has 0 aromatic carbocycles. The molecule has 2 N–H and O–H groups in total. The lowest BCUT2D eigenvalue weighted by molar-refractivity contribution is -0.146. The van der Waals surface area contributed by atoms with E-state index in [9.17, 15) is 9.59 Å². The molecule has 0 spiro atoms. The van der Waals surface area contributed by atoms with E-state index in [1.807, 2.05) is 13.8 Å². The molecule has 1 fully saturated rings. The first-order chi connectivity index (χ1) is 9.02. The third-order valence-corrected chi connectivity index (χ3v) is 2.95. The average molecular weight is 272 g/mol. The van der Waals surface area contributed by atoms with Gasteiger partial charge in [-0.05, 0) is 12.3 Å². The monoisotopic (exact) mass is 272 g/mol. The van der Waals surface area contributed by atoms with Gasteiger partial charge in [0.1, 0.15) is 6.04 Å². The van der Waals surface area contributed by atoms with Gasteiger partial charge in [-0.1, -0.05) is 13.8 Å². The molecular formula is C13H24N2O4. The summed E-state index contributed by atoms with van der Waals surface area (Å²) in [7, 11) is 1.33. The molecule has 0 aliphatic carbocycles. The van der Waals surface area contributed by atoms with E-state index in [2.05, 4.69) is 10.6 Å². The number of methoxy groups -OCH3 is 1. The van der Waals surface area contributed by atoms with E-state index in [0.29, 0.717) is 25.5 Å². The lowest BCUT2D eigenvalue weighted by atomic mass is 10.0. The van der Waals surface area contributed by atoms with E-state index >= 15 is 0 Å². The average Bonchev–Trinajstić information content (AvgIpc) is 2.37. The van der Waals surface area contributed by atoms with Crippen LogP contribution >= 0.6 is 0 Å². The molecule has 19 heavy (non-hydrogen) atoms. The van der Waals surface area contributed by atoms with E-state index in [1.165, 1.54) is 7.11 Å². The van der Waals surface area contributed by atoms with Crippen molar-refractivity contribution in [1.82, 2.24) is 10.6 Å². The first-order valence-electron chi connectivity index (χ1n) is 6.72. The zero-order valence-corrected chi connectivity index (χ0v) is 11.9. The molecule has 2 atom stereocenters. The Morgan fingerprint density at radius 3 is 2.74 bits per heavy atom. The summed E-state index contributed by atoms with van der Waals surface area (Å²) in [5, 5.41) is 5.89. The van der Waals surface area contributed by atoms with Gasteiger partial charge >= 0.3 is 5.97 Å². The fraction of sp³-hybridized carbons (Fsp3) is 0.846.